The summed E-state index contributed by atoms with van der Waals surface area (Å²) in [7, 11) is 0. The van der Waals surface area contributed by atoms with Gasteiger partial charge in [0.25, 0.3) is 5.91 Å². The van der Waals surface area contributed by atoms with E-state index < -0.39 is 0 Å². The van der Waals surface area contributed by atoms with E-state index in [9.17, 15) is 9.59 Å². The Labute approximate surface area is 127 Å². The lowest BCUT2D eigenvalue weighted by Gasteiger charge is -2.08. The summed E-state index contributed by atoms with van der Waals surface area (Å²) in [6.45, 7) is 2.06. The number of halogens is 2. The highest BCUT2D eigenvalue weighted by molar-refractivity contribution is 6.35. The molecule has 0 unspecified atom stereocenters. The minimum absolute atomic E-state index is 0.126. The average Bonchev–Trinajstić information content (AvgIpc) is 2.38. The monoisotopic (exact) mass is 319 g/mol. The van der Waals surface area contributed by atoms with E-state index in [0.29, 0.717) is 22.4 Å². The first-order valence-electron chi connectivity index (χ1n) is 6.03. The number of nitrogens with one attached hydrogen (secondary N) is 1. The Bertz CT molecular complexity index is 479. The number of rotatable bonds is 7. The lowest BCUT2D eigenvalue weighted by atomic mass is 10.3. The third-order valence-electron chi connectivity index (χ3n) is 2.21. The molecule has 0 fully saturated rings. The van der Waals surface area contributed by atoms with Crippen LogP contribution < -0.4 is 10.1 Å². The summed E-state index contributed by atoms with van der Waals surface area (Å²) in [4.78, 5) is 22.5. The number of carbonyl (C=O) groups is 2. The van der Waals surface area contributed by atoms with Crippen LogP contribution in [0, 0.1) is 0 Å². The van der Waals surface area contributed by atoms with Crippen LogP contribution in [-0.4, -0.2) is 31.6 Å². The van der Waals surface area contributed by atoms with Gasteiger partial charge in [0.1, 0.15) is 5.75 Å². The van der Waals surface area contributed by atoms with Gasteiger partial charge in [-0.3, -0.25) is 9.59 Å². The smallest absolute Gasteiger partial charge is 0.307 e. The van der Waals surface area contributed by atoms with Crippen molar-refractivity contribution in [3.05, 3.63) is 28.2 Å². The molecule has 0 aliphatic rings. The highest BCUT2D eigenvalue weighted by Gasteiger charge is 2.07. The van der Waals surface area contributed by atoms with E-state index in [0.717, 1.165) is 0 Å². The van der Waals surface area contributed by atoms with E-state index in [2.05, 4.69) is 5.32 Å². The Hall–Kier alpha value is -1.46. The molecule has 110 valence electrons. The van der Waals surface area contributed by atoms with Crippen molar-refractivity contribution in [2.45, 2.75) is 13.3 Å². The molecule has 1 rings (SSSR count). The number of carbonyl (C=O) groups excluding carboxylic acids is 2. The SMILES string of the molecule is CCOC(=O)CCNC(=O)COc1ccc(Cl)cc1Cl. The molecule has 5 nitrogen and oxygen atoms in total. The molecule has 1 aromatic rings. The quantitative estimate of drug-likeness (QED) is 0.784. The van der Waals surface area contributed by atoms with Gasteiger partial charge >= 0.3 is 5.97 Å². The van der Waals surface area contributed by atoms with Crippen molar-refractivity contribution in [1.29, 1.82) is 0 Å². The second-order valence-electron chi connectivity index (χ2n) is 3.77. The van der Waals surface area contributed by atoms with E-state index >= 15 is 0 Å². The molecule has 0 aliphatic carbocycles. The fourth-order valence-corrected chi connectivity index (χ4v) is 1.79. The molecule has 0 heterocycles. The van der Waals surface area contributed by atoms with Crippen LogP contribution in [0.15, 0.2) is 18.2 Å². The van der Waals surface area contributed by atoms with E-state index in [1.807, 2.05) is 0 Å². The zero-order valence-corrected chi connectivity index (χ0v) is 12.5. The standard InChI is InChI=1S/C13H15Cl2NO4/c1-2-19-13(18)5-6-16-12(17)8-20-11-4-3-9(14)7-10(11)15/h3-4,7H,2,5-6,8H2,1H3,(H,16,17). The minimum Gasteiger partial charge on any atom is -0.482 e. The Morgan fingerprint density at radius 2 is 2.05 bits per heavy atom. The van der Waals surface area contributed by atoms with Gasteiger partial charge in [-0.05, 0) is 25.1 Å². The van der Waals surface area contributed by atoms with Gasteiger partial charge < -0.3 is 14.8 Å². The van der Waals surface area contributed by atoms with Gasteiger partial charge in [-0.15, -0.1) is 0 Å². The van der Waals surface area contributed by atoms with Crippen molar-refractivity contribution >= 4 is 35.1 Å². The Morgan fingerprint density at radius 3 is 2.70 bits per heavy atom. The van der Waals surface area contributed by atoms with Crippen LogP contribution >= 0.6 is 23.2 Å². The first-order valence-corrected chi connectivity index (χ1v) is 6.78. The van der Waals surface area contributed by atoms with Crippen LogP contribution in [0.3, 0.4) is 0 Å². The zero-order chi connectivity index (χ0) is 15.0. The van der Waals surface area contributed by atoms with Crippen LogP contribution in [0.25, 0.3) is 0 Å². The fourth-order valence-electron chi connectivity index (χ4n) is 1.32. The van der Waals surface area contributed by atoms with Crippen LogP contribution in [-0.2, 0) is 14.3 Å². The van der Waals surface area contributed by atoms with Crippen molar-refractivity contribution in [3.8, 4) is 5.75 Å². The van der Waals surface area contributed by atoms with Gasteiger partial charge in [0.15, 0.2) is 6.61 Å². The molecule has 7 heteroatoms. The molecule has 0 aromatic heterocycles. The summed E-state index contributed by atoms with van der Waals surface area (Å²) in [6.07, 6.45) is 0.126. The Balaban J connectivity index is 2.28. The van der Waals surface area contributed by atoms with Gasteiger partial charge in [-0.1, -0.05) is 23.2 Å². The normalized spacial score (nSPS) is 9.95. The van der Waals surface area contributed by atoms with Gasteiger partial charge in [-0.2, -0.15) is 0 Å². The van der Waals surface area contributed by atoms with E-state index in [1.165, 1.54) is 6.07 Å². The third kappa shape index (κ3) is 6.12. The molecular formula is C13H15Cl2NO4. The maximum absolute atomic E-state index is 11.5. The van der Waals surface area contributed by atoms with Gasteiger partial charge in [-0.25, -0.2) is 0 Å². The second kappa shape index (κ2) is 8.66. The number of hydrogen-bond acceptors (Lipinski definition) is 4. The molecule has 1 amide bonds. The van der Waals surface area contributed by atoms with Crippen LogP contribution in [0.1, 0.15) is 13.3 Å². The second-order valence-corrected chi connectivity index (χ2v) is 4.61. The van der Waals surface area contributed by atoms with Crippen molar-refractivity contribution in [2.24, 2.45) is 0 Å². The number of ether oxygens (including phenoxy) is 2. The summed E-state index contributed by atoms with van der Waals surface area (Å²) < 4.78 is 9.97. The first kappa shape index (κ1) is 16.6. The van der Waals surface area contributed by atoms with Crippen LogP contribution in [0.4, 0.5) is 0 Å². The molecule has 0 bridgehead atoms. The number of esters is 1. The predicted octanol–water partition coefficient (Wildman–Crippen LogP) is 2.44. The largest absolute Gasteiger partial charge is 0.482 e. The minimum atomic E-state index is -0.352. The lowest BCUT2D eigenvalue weighted by molar-refractivity contribution is -0.143. The highest BCUT2D eigenvalue weighted by atomic mass is 35.5. The maximum atomic E-state index is 11.5. The van der Waals surface area contributed by atoms with E-state index in [-0.39, 0.29) is 31.4 Å². The van der Waals surface area contributed by atoms with Crippen molar-refractivity contribution < 1.29 is 19.1 Å². The average molecular weight is 320 g/mol. The number of hydrogen-bond donors (Lipinski definition) is 1. The van der Waals surface area contributed by atoms with Crippen molar-refractivity contribution in [3.63, 3.8) is 0 Å². The summed E-state index contributed by atoms with van der Waals surface area (Å²) in [5.74, 6) is -0.327. The summed E-state index contributed by atoms with van der Waals surface area (Å²) in [5, 5.41) is 3.36. The first-order chi connectivity index (χ1) is 9.52. The highest BCUT2D eigenvalue weighted by Crippen LogP contribution is 2.27. The molecule has 1 N–H and O–H groups in total. The molecule has 0 atom stereocenters. The Morgan fingerprint density at radius 1 is 1.30 bits per heavy atom. The number of amides is 1. The van der Waals surface area contributed by atoms with Crippen LogP contribution in [0.5, 0.6) is 5.75 Å². The summed E-state index contributed by atoms with van der Waals surface area (Å²) in [5.41, 5.74) is 0. The lowest BCUT2D eigenvalue weighted by Crippen LogP contribution is -2.31. The van der Waals surface area contributed by atoms with Crippen LogP contribution in [0.2, 0.25) is 10.0 Å². The Kier molecular flexibility index (Phi) is 7.18. The fraction of sp³-hybridized carbons (Fsp3) is 0.385. The zero-order valence-electron chi connectivity index (χ0n) is 10.9. The molecule has 0 saturated heterocycles. The predicted molar refractivity (Wildman–Crippen MR) is 76.2 cm³/mol. The molecule has 1 aromatic carbocycles. The molecule has 0 radical (unpaired) electrons. The van der Waals surface area contributed by atoms with Crippen molar-refractivity contribution in [2.75, 3.05) is 19.8 Å². The maximum Gasteiger partial charge on any atom is 0.307 e. The van der Waals surface area contributed by atoms with Crippen molar-refractivity contribution in [1.82, 2.24) is 5.32 Å². The van der Waals surface area contributed by atoms with E-state index in [4.69, 9.17) is 32.7 Å². The van der Waals surface area contributed by atoms with Gasteiger partial charge in [0, 0.05) is 11.6 Å². The molecule has 0 spiro atoms. The molecule has 0 aliphatic heterocycles. The summed E-state index contributed by atoms with van der Waals surface area (Å²) >= 11 is 11.6. The van der Waals surface area contributed by atoms with Gasteiger partial charge in [0.05, 0.1) is 18.1 Å². The topological polar surface area (TPSA) is 64.6 Å². The molecular weight excluding hydrogens is 305 g/mol. The van der Waals surface area contributed by atoms with Gasteiger partial charge in [0.2, 0.25) is 0 Å². The third-order valence-corrected chi connectivity index (χ3v) is 2.74. The van der Waals surface area contributed by atoms with E-state index in [1.54, 1.807) is 19.1 Å². The molecule has 0 saturated carbocycles. The molecule has 20 heavy (non-hydrogen) atoms. The number of benzene rings is 1. The summed E-state index contributed by atoms with van der Waals surface area (Å²) in [6, 6.07) is 4.72.